The third-order valence-electron chi connectivity index (χ3n) is 3.90. The highest BCUT2D eigenvalue weighted by atomic mass is 14.9. The lowest BCUT2D eigenvalue weighted by Crippen LogP contribution is -2.21. The van der Waals surface area contributed by atoms with Gasteiger partial charge in [-0.15, -0.1) is 0 Å². The van der Waals surface area contributed by atoms with Gasteiger partial charge in [0.15, 0.2) is 0 Å². The van der Waals surface area contributed by atoms with Crippen LogP contribution in [0.25, 0.3) is 0 Å². The highest BCUT2D eigenvalue weighted by molar-refractivity contribution is 5.39. The third-order valence-corrected chi connectivity index (χ3v) is 3.90. The van der Waals surface area contributed by atoms with Crippen LogP contribution in [0.1, 0.15) is 63.6 Å². The van der Waals surface area contributed by atoms with Gasteiger partial charge in [0.05, 0.1) is 0 Å². The van der Waals surface area contributed by atoms with Gasteiger partial charge in [0.2, 0.25) is 0 Å². The minimum absolute atomic E-state index is 0.360. The Morgan fingerprint density at radius 1 is 1.18 bits per heavy atom. The molecule has 0 aromatic heterocycles. The van der Waals surface area contributed by atoms with Crippen LogP contribution in [0.2, 0.25) is 0 Å². The number of benzene rings is 1. The zero-order chi connectivity index (χ0) is 12.5. The molecule has 0 amide bonds. The maximum atomic E-state index is 3.69. The smallest absolute Gasteiger partial charge is 0.0329 e. The summed E-state index contributed by atoms with van der Waals surface area (Å²) in [5.41, 5.74) is 3.45. The van der Waals surface area contributed by atoms with Crippen molar-refractivity contribution in [2.75, 3.05) is 6.54 Å². The molecule has 1 aromatic carbocycles. The van der Waals surface area contributed by atoms with E-state index in [0.717, 1.165) is 6.54 Å². The van der Waals surface area contributed by atoms with Crippen molar-refractivity contribution in [1.29, 1.82) is 0 Å². The molecule has 0 aliphatic heterocycles. The SMILES string of the molecule is CCCN[C@@H]1C[C@H](C(C)(C)C)c2ccccc21. The van der Waals surface area contributed by atoms with Crippen molar-refractivity contribution in [1.82, 2.24) is 5.32 Å². The van der Waals surface area contributed by atoms with Gasteiger partial charge in [-0.1, -0.05) is 52.0 Å². The van der Waals surface area contributed by atoms with Crippen LogP contribution >= 0.6 is 0 Å². The normalized spacial score (nSPS) is 23.8. The van der Waals surface area contributed by atoms with E-state index < -0.39 is 0 Å². The van der Waals surface area contributed by atoms with Crippen molar-refractivity contribution in [2.45, 2.75) is 52.5 Å². The summed E-state index contributed by atoms with van der Waals surface area (Å²) in [6.07, 6.45) is 2.46. The molecule has 0 saturated carbocycles. The molecule has 2 atom stereocenters. The van der Waals surface area contributed by atoms with E-state index in [1.54, 1.807) is 5.56 Å². The first-order chi connectivity index (χ1) is 8.04. The van der Waals surface area contributed by atoms with Gasteiger partial charge in [-0.25, -0.2) is 0 Å². The summed E-state index contributed by atoms with van der Waals surface area (Å²) in [5, 5.41) is 3.69. The molecular formula is C16H25N. The summed E-state index contributed by atoms with van der Waals surface area (Å²) in [7, 11) is 0. The number of fused-ring (bicyclic) bond motifs is 1. The fourth-order valence-corrected chi connectivity index (χ4v) is 2.97. The third kappa shape index (κ3) is 2.55. The summed E-state index contributed by atoms with van der Waals surface area (Å²) in [5.74, 6) is 0.688. The van der Waals surface area contributed by atoms with Gasteiger partial charge in [0.1, 0.15) is 0 Å². The monoisotopic (exact) mass is 231 g/mol. The second-order valence-electron chi connectivity index (χ2n) is 6.29. The molecule has 0 unspecified atom stereocenters. The van der Waals surface area contributed by atoms with E-state index in [1.807, 2.05) is 0 Å². The quantitative estimate of drug-likeness (QED) is 0.819. The van der Waals surface area contributed by atoms with Crippen LogP contribution in [0.15, 0.2) is 24.3 Å². The molecule has 1 aliphatic rings. The maximum absolute atomic E-state index is 3.69. The standard InChI is InChI=1S/C16H25N/c1-5-10-17-15-11-14(16(2,3)4)12-8-6-7-9-13(12)15/h6-9,14-15,17H,5,10-11H2,1-4H3/t14-,15+/m0/s1. The highest BCUT2D eigenvalue weighted by Gasteiger charge is 2.36. The molecule has 0 fully saturated rings. The molecule has 2 rings (SSSR count). The van der Waals surface area contributed by atoms with Crippen LogP contribution in [0, 0.1) is 5.41 Å². The average Bonchev–Trinajstić information content (AvgIpc) is 2.65. The molecule has 94 valence electrons. The Hall–Kier alpha value is -0.820. The molecule has 1 aromatic rings. The summed E-state index contributed by atoms with van der Waals surface area (Å²) in [6, 6.07) is 9.53. The van der Waals surface area contributed by atoms with E-state index in [0.29, 0.717) is 17.4 Å². The predicted octanol–water partition coefficient (Wildman–Crippen LogP) is 4.26. The summed E-state index contributed by atoms with van der Waals surface area (Å²) in [6.45, 7) is 10.4. The minimum atomic E-state index is 0.360. The second kappa shape index (κ2) is 4.81. The maximum Gasteiger partial charge on any atom is 0.0329 e. The van der Waals surface area contributed by atoms with Gasteiger partial charge in [-0.2, -0.15) is 0 Å². The van der Waals surface area contributed by atoms with Crippen molar-refractivity contribution < 1.29 is 0 Å². The van der Waals surface area contributed by atoms with Crippen LogP contribution < -0.4 is 5.32 Å². The second-order valence-corrected chi connectivity index (χ2v) is 6.29. The first kappa shape index (κ1) is 12.6. The summed E-state index contributed by atoms with van der Waals surface area (Å²) in [4.78, 5) is 0. The number of hydrogen-bond acceptors (Lipinski definition) is 1. The lowest BCUT2D eigenvalue weighted by molar-refractivity contribution is 0.300. The van der Waals surface area contributed by atoms with Gasteiger partial charge >= 0.3 is 0 Å². The first-order valence-corrected chi connectivity index (χ1v) is 6.86. The topological polar surface area (TPSA) is 12.0 Å². The van der Waals surface area contributed by atoms with E-state index in [2.05, 4.69) is 57.3 Å². The lowest BCUT2D eigenvalue weighted by Gasteiger charge is -2.28. The Labute approximate surface area is 106 Å². The Morgan fingerprint density at radius 3 is 2.41 bits per heavy atom. The van der Waals surface area contributed by atoms with Crippen molar-refractivity contribution in [3.8, 4) is 0 Å². The Balaban J connectivity index is 2.26. The van der Waals surface area contributed by atoms with Gasteiger partial charge in [-0.3, -0.25) is 0 Å². The van der Waals surface area contributed by atoms with E-state index in [1.165, 1.54) is 18.4 Å². The Kier molecular flexibility index (Phi) is 3.58. The molecule has 1 nitrogen and oxygen atoms in total. The molecule has 0 bridgehead atoms. The van der Waals surface area contributed by atoms with Crippen LogP contribution in [-0.4, -0.2) is 6.54 Å². The van der Waals surface area contributed by atoms with Gasteiger partial charge in [0, 0.05) is 6.04 Å². The van der Waals surface area contributed by atoms with Crippen molar-refractivity contribution in [2.24, 2.45) is 5.41 Å². The minimum Gasteiger partial charge on any atom is -0.310 e. The zero-order valence-corrected chi connectivity index (χ0v) is 11.6. The lowest BCUT2D eigenvalue weighted by atomic mass is 9.77. The fraction of sp³-hybridized carbons (Fsp3) is 0.625. The summed E-state index contributed by atoms with van der Waals surface area (Å²) < 4.78 is 0. The van der Waals surface area contributed by atoms with E-state index in [9.17, 15) is 0 Å². The molecule has 0 radical (unpaired) electrons. The van der Waals surface area contributed by atoms with Crippen LogP contribution in [-0.2, 0) is 0 Å². The van der Waals surface area contributed by atoms with Crippen LogP contribution in [0.4, 0.5) is 0 Å². The molecule has 1 heteroatoms. The molecular weight excluding hydrogens is 206 g/mol. The van der Waals surface area contributed by atoms with E-state index >= 15 is 0 Å². The molecule has 1 N–H and O–H groups in total. The average molecular weight is 231 g/mol. The molecule has 17 heavy (non-hydrogen) atoms. The van der Waals surface area contributed by atoms with Crippen molar-refractivity contribution >= 4 is 0 Å². The zero-order valence-electron chi connectivity index (χ0n) is 11.6. The van der Waals surface area contributed by atoms with E-state index in [4.69, 9.17) is 0 Å². The first-order valence-electron chi connectivity index (χ1n) is 6.86. The largest absolute Gasteiger partial charge is 0.310 e. The number of nitrogens with one attached hydrogen (secondary N) is 1. The molecule has 0 spiro atoms. The van der Waals surface area contributed by atoms with Gasteiger partial charge in [-0.05, 0) is 41.8 Å². The number of hydrogen-bond donors (Lipinski definition) is 1. The molecule has 0 heterocycles. The van der Waals surface area contributed by atoms with Gasteiger partial charge in [0.25, 0.3) is 0 Å². The van der Waals surface area contributed by atoms with Gasteiger partial charge < -0.3 is 5.32 Å². The fourth-order valence-electron chi connectivity index (χ4n) is 2.97. The summed E-state index contributed by atoms with van der Waals surface area (Å²) >= 11 is 0. The number of rotatable bonds is 3. The van der Waals surface area contributed by atoms with Crippen LogP contribution in [0.3, 0.4) is 0 Å². The van der Waals surface area contributed by atoms with Crippen molar-refractivity contribution in [3.05, 3.63) is 35.4 Å². The Morgan fingerprint density at radius 2 is 1.82 bits per heavy atom. The van der Waals surface area contributed by atoms with Crippen LogP contribution in [0.5, 0.6) is 0 Å². The Bertz CT molecular complexity index is 375. The van der Waals surface area contributed by atoms with Crippen molar-refractivity contribution in [3.63, 3.8) is 0 Å². The molecule has 1 aliphatic carbocycles. The molecule has 0 saturated heterocycles. The predicted molar refractivity (Wildman–Crippen MR) is 74.3 cm³/mol. The highest BCUT2D eigenvalue weighted by Crippen LogP contribution is 2.48. The van der Waals surface area contributed by atoms with E-state index in [-0.39, 0.29) is 0 Å².